The number of methoxy groups -OCH3 is 1. The predicted molar refractivity (Wildman–Crippen MR) is 137 cm³/mol. The predicted octanol–water partition coefficient (Wildman–Crippen LogP) is 4.34. The molecule has 7 nitrogen and oxygen atoms in total. The summed E-state index contributed by atoms with van der Waals surface area (Å²) < 4.78 is 5.27. The van der Waals surface area contributed by atoms with E-state index in [1.165, 1.54) is 0 Å². The Morgan fingerprint density at radius 3 is 2.61 bits per heavy atom. The second-order valence-corrected chi connectivity index (χ2v) is 9.27. The van der Waals surface area contributed by atoms with Crippen molar-refractivity contribution >= 4 is 23.4 Å². The smallest absolute Gasteiger partial charge is 0.256 e. The molecule has 0 spiro atoms. The van der Waals surface area contributed by atoms with Crippen molar-refractivity contribution in [3.8, 4) is 5.75 Å². The topological polar surface area (TPSA) is 79.0 Å². The molecule has 0 saturated carbocycles. The maximum atomic E-state index is 13.5. The molecule has 2 aliphatic heterocycles. The molecule has 2 atom stereocenters. The maximum Gasteiger partial charge on any atom is 0.256 e. The first-order valence-corrected chi connectivity index (χ1v) is 12.2. The highest BCUT2D eigenvalue weighted by molar-refractivity contribution is 6.11. The molecule has 0 bridgehead atoms. The van der Waals surface area contributed by atoms with Gasteiger partial charge in [-0.15, -0.1) is 0 Å². The molecule has 2 heterocycles. The minimum atomic E-state index is -0.423. The van der Waals surface area contributed by atoms with E-state index in [-0.39, 0.29) is 23.8 Å². The molecular weight excluding hydrogens is 454 g/mol. The lowest BCUT2D eigenvalue weighted by atomic mass is 10.1. The van der Waals surface area contributed by atoms with E-state index in [9.17, 15) is 14.4 Å². The highest BCUT2D eigenvalue weighted by Crippen LogP contribution is 2.33. The van der Waals surface area contributed by atoms with Crippen LogP contribution in [0.4, 0.5) is 5.69 Å². The summed E-state index contributed by atoms with van der Waals surface area (Å²) in [7, 11) is 1.61. The average molecular weight is 484 g/mol. The van der Waals surface area contributed by atoms with Gasteiger partial charge in [0.05, 0.1) is 30.9 Å². The third-order valence-electron chi connectivity index (χ3n) is 6.99. The number of carbonyl (C=O) groups is 3. The molecule has 1 saturated heterocycles. The molecule has 3 aromatic rings. The first kappa shape index (κ1) is 23.6. The van der Waals surface area contributed by atoms with Gasteiger partial charge in [0.2, 0.25) is 5.91 Å². The first-order chi connectivity index (χ1) is 17.5. The van der Waals surface area contributed by atoms with Gasteiger partial charge in [-0.05, 0) is 67.3 Å². The van der Waals surface area contributed by atoms with Gasteiger partial charge in [0.15, 0.2) is 0 Å². The zero-order chi connectivity index (χ0) is 25.2. The Balaban J connectivity index is 1.33. The largest absolute Gasteiger partial charge is 0.497 e. The lowest BCUT2D eigenvalue weighted by Gasteiger charge is -2.26. The lowest BCUT2D eigenvalue weighted by Crippen LogP contribution is -2.44. The van der Waals surface area contributed by atoms with Gasteiger partial charge in [-0.2, -0.15) is 0 Å². The van der Waals surface area contributed by atoms with E-state index in [4.69, 9.17) is 4.74 Å². The zero-order valence-corrected chi connectivity index (χ0v) is 20.4. The van der Waals surface area contributed by atoms with E-state index in [1.807, 2.05) is 61.5 Å². The average Bonchev–Trinajstić information content (AvgIpc) is 3.39. The number of nitrogens with one attached hydrogen (secondary N) is 1. The number of anilines is 1. The van der Waals surface area contributed by atoms with Crippen molar-refractivity contribution in [2.45, 2.75) is 38.4 Å². The molecule has 3 aromatic carbocycles. The Labute approximate surface area is 210 Å². The summed E-state index contributed by atoms with van der Waals surface area (Å²) in [6, 6.07) is 21.5. The van der Waals surface area contributed by atoms with Crippen molar-refractivity contribution in [3.05, 3.63) is 95.1 Å². The molecule has 0 radical (unpaired) electrons. The Kier molecular flexibility index (Phi) is 6.46. The highest BCUT2D eigenvalue weighted by Gasteiger charge is 2.41. The number of amides is 3. The van der Waals surface area contributed by atoms with Gasteiger partial charge in [-0.3, -0.25) is 14.4 Å². The summed E-state index contributed by atoms with van der Waals surface area (Å²) in [6.07, 6.45) is 1.51. The summed E-state index contributed by atoms with van der Waals surface area (Å²) >= 11 is 0. The minimum Gasteiger partial charge on any atom is -0.497 e. The Hall–Kier alpha value is -4.13. The third-order valence-corrected chi connectivity index (χ3v) is 6.99. The van der Waals surface area contributed by atoms with Gasteiger partial charge in [0.1, 0.15) is 11.8 Å². The number of hydrogen-bond donors (Lipinski definition) is 1. The summed E-state index contributed by atoms with van der Waals surface area (Å²) in [5.74, 6) is 0.422. The van der Waals surface area contributed by atoms with Crippen LogP contribution < -0.4 is 15.0 Å². The van der Waals surface area contributed by atoms with Gasteiger partial charge in [-0.1, -0.05) is 36.4 Å². The summed E-state index contributed by atoms with van der Waals surface area (Å²) in [5, 5.41) is 3.02. The quantitative estimate of drug-likeness (QED) is 0.566. The summed E-state index contributed by atoms with van der Waals surface area (Å²) in [5.41, 5.74) is 3.56. The molecule has 0 aliphatic carbocycles. The van der Waals surface area contributed by atoms with Crippen LogP contribution in [0.2, 0.25) is 0 Å². The number of nitrogens with zero attached hydrogens (tertiary/aromatic N) is 2. The molecular formula is C29H29N3O4. The van der Waals surface area contributed by atoms with Crippen LogP contribution in [0.1, 0.15) is 57.7 Å². The molecule has 0 aromatic heterocycles. The number of para-hydroxylation sites is 1. The molecule has 1 N–H and O–H groups in total. The number of benzene rings is 3. The van der Waals surface area contributed by atoms with Crippen LogP contribution in [0, 0.1) is 0 Å². The third kappa shape index (κ3) is 4.44. The van der Waals surface area contributed by atoms with E-state index in [0.29, 0.717) is 36.3 Å². The number of ether oxygens (including phenoxy) is 1. The van der Waals surface area contributed by atoms with Gasteiger partial charge >= 0.3 is 0 Å². The van der Waals surface area contributed by atoms with E-state index < -0.39 is 6.04 Å². The van der Waals surface area contributed by atoms with Crippen molar-refractivity contribution < 1.29 is 19.1 Å². The first-order valence-electron chi connectivity index (χ1n) is 12.2. The fraction of sp³-hybridized carbons (Fsp3) is 0.276. The van der Waals surface area contributed by atoms with E-state index >= 15 is 0 Å². The van der Waals surface area contributed by atoms with Crippen molar-refractivity contribution in [1.82, 2.24) is 10.2 Å². The van der Waals surface area contributed by atoms with Crippen LogP contribution in [0.15, 0.2) is 72.8 Å². The van der Waals surface area contributed by atoms with Crippen molar-refractivity contribution in [2.24, 2.45) is 0 Å². The van der Waals surface area contributed by atoms with Gasteiger partial charge < -0.3 is 19.9 Å². The van der Waals surface area contributed by atoms with Crippen LogP contribution in [-0.2, 0) is 11.3 Å². The monoisotopic (exact) mass is 483 g/mol. The van der Waals surface area contributed by atoms with E-state index in [1.54, 1.807) is 35.1 Å². The number of fused-ring (bicyclic) bond motifs is 2. The van der Waals surface area contributed by atoms with E-state index in [0.717, 1.165) is 23.3 Å². The second kappa shape index (κ2) is 9.85. The Morgan fingerprint density at radius 1 is 1.06 bits per heavy atom. The molecule has 184 valence electrons. The lowest BCUT2D eigenvalue weighted by molar-refractivity contribution is -0.122. The number of carbonyl (C=O) groups excluding carboxylic acids is 3. The molecule has 36 heavy (non-hydrogen) atoms. The Bertz CT molecular complexity index is 1300. The molecule has 7 heteroatoms. The van der Waals surface area contributed by atoms with Gasteiger partial charge in [0.25, 0.3) is 11.8 Å². The SMILES string of the molecule is COc1cccc([C@H](C)NC(=O)c2ccc(CN3C(=O)[C@@H]4CCCN4C(=O)c4ccccc43)cc2)c1. The number of rotatable bonds is 6. The number of hydrogen-bond acceptors (Lipinski definition) is 4. The van der Waals surface area contributed by atoms with Crippen LogP contribution in [0.25, 0.3) is 0 Å². The normalized spacial score (nSPS) is 17.8. The van der Waals surface area contributed by atoms with E-state index in [2.05, 4.69) is 5.32 Å². The molecule has 5 rings (SSSR count). The fourth-order valence-electron chi connectivity index (χ4n) is 4.99. The Morgan fingerprint density at radius 2 is 1.83 bits per heavy atom. The van der Waals surface area contributed by atoms with Crippen molar-refractivity contribution in [3.63, 3.8) is 0 Å². The molecule has 1 fully saturated rings. The van der Waals surface area contributed by atoms with Crippen LogP contribution in [0.3, 0.4) is 0 Å². The van der Waals surface area contributed by atoms with Gasteiger partial charge in [0, 0.05) is 12.1 Å². The summed E-state index contributed by atoms with van der Waals surface area (Å²) in [4.78, 5) is 42.9. The van der Waals surface area contributed by atoms with Crippen molar-refractivity contribution in [1.29, 1.82) is 0 Å². The highest BCUT2D eigenvalue weighted by atomic mass is 16.5. The molecule has 3 amide bonds. The zero-order valence-electron chi connectivity index (χ0n) is 20.4. The van der Waals surface area contributed by atoms with Crippen molar-refractivity contribution in [2.75, 3.05) is 18.6 Å². The van der Waals surface area contributed by atoms with Crippen LogP contribution >= 0.6 is 0 Å². The molecule has 0 unspecified atom stereocenters. The molecule has 2 aliphatic rings. The summed E-state index contributed by atoms with van der Waals surface area (Å²) in [6.45, 7) is 2.86. The standard InChI is InChI=1S/C29H29N3O4/c1-19(22-7-5-8-23(17-22)36-2)30-27(33)21-14-12-20(13-15-21)18-32-25-10-4-3-9-24(25)28(34)31-16-6-11-26(31)29(32)35/h3-5,7-10,12-15,17,19,26H,6,11,16,18H2,1-2H3,(H,30,33)/t19-,26-/m0/s1. The van der Waals surface area contributed by atoms with Crippen LogP contribution in [-0.4, -0.2) is 42.3 Å². The fourth-order valence-corrected chi connectivity index (χ4v) is 4.99. The second-order valence-electron chi connectivity index (χ2n) is 9.27. The van der Waals surface area contributed by atoms with Gasteiger partial charge in [-0.25, -0.2) is 0 Å². The van der Waals surface area contributed by atoms with Crippen LogP contribution in [0.5, 0.6) is 5.75 Å². The minimum absolute atomic E-state index is 0.0558. The maximum absolute atomic E-state index is 13.5.